The van der Waals surface area contributed by atoms with Gasteiger partial charge in [0.2, 0.25) is 6.39 Å². The second-order valence-electron chi connectivity index (χ2n) is 3.74. The van der Waals surface area contributed by atoms with E-state index in [9.17, 15) is 0 Å². The lowest BCUT2D eigenvalue weighted by Gasteiger charge is -2.16. The van der Waals surface area contributed by atoms with E-state index in [1.165, 1.54) is 12.0 Å². The summed E-state index contributed by atoms with van der Waals surface area (Å²) in [7, 11) is 0. The van der Waals surface area contributed by atoms with Gasteiger partial charge in [0.05, 0.1) is 6.54 Å². The molecule has 0 fully saturated rings. The molecular weight excluding hydrogens is 238 g/mol. The summed E-state index contributed by atoms with van der Waals surface area (Å²) in [6.45, 7) is 2.72. The summed E-state index contributed by atoms with van der Waals surface area (Å²) >= 11 is 5.87. The van der Waals surface area contributed by atoms with Crippen molar-refractivity contribution in [2.75, 3.05) is 0 Å². The molecular formula is C12H14ClN3O. The van der Waals surface area contributed by atoms with Crippen molar-refractivity contribution in [1.82, 2.24) is 15.5 Å². The molecule has 1 heterocycles. The highest BCUT2D eigenvalue weighted by atomic mass is 35.5. The minimum absolute atomic E-state index is 0.269. The van der Waals surface area contributed by atoms with Crippen LogP contribution in [0.5, 0.6) is 0 Å². The average molecular weight is 252 g/mol. The maximum Gasteiger partial charge on any atom is 0.213 e. The van der Waals surface area contributed by atoms with Crippen molar-refractivity contribution in [3.63, 3.8) is 0 Å². The van der Waals surface area contributed by atoms with Crippen molar-refractivity contribution in [2.24, 2.45) is 0 Å². The van der Waals surface area contributed by atoms with Crippen molar-refractivity contribution in [3.8, 4) is 0 Å². The molecule has 2 aromatic rings. The van der Waals surface area contributed by atoms with Gasteiger partial charge in [-0.1, -0.05) is 35.8 Å². The van der Waals surface area contributed by atoms with E-state index in [1.807, 2.05) is 24.3 Å². The highest BCUT2D eigenvalue weighted by Gasteiger charge is 2.09. The number of nitrogens with zero attached hydrogens (tertiary/aromatic N) is 2. The first-order chi connectivity index (χ1) is 8.29. The Hall–Kier alpha value is -1.39. The molecule has 0 saturated carbocycles. The molecule has 0 saturated heterocycles. The summed E-state index contributed by atoms with van der Waals surface area (Å²) in [4.78, 5) is 3.97. The number of aromatic nitrogens is 2. The molecule has 0 bridgehead atoms. The standard InChI is InChI=1S/C12H14ClN3O/c1-2-11(9-3-5-10(13)6-4-9)14-7-12-15-8-17-16-12/h3-6,8,11,14H,2,7H2,1H3. The Morgan fingerprint density at radius 3 is 2.71 bits per heavy atom. The van der Waals surface area contributed by atoms with E-state index >= 15 is 0 Å². The fourth-order valence-electron chi connectivity index (χ4n) is 1.68. The van der Waals surface area contributed by atoms with Crippen LogP contribution < -0.4 is 5.32 Å². The molecule has 5 heteroatoms. The van der Waals surface area contributed by atoms with Crippen LogP contribution in [-0.4, -0.2) is 10.1 Å². The maximum absolute atomic E-state index is 5.87. The van der Waals surface area contributed by atoms with Gasteiger partial charge in [-0.2, -0.15) is 4.98 Å². The van der Waals surface area contributed by atoms with Gasteiger partial charge in [-0.3, -0.25) is 0 Å². The van der Waals surface area contributed by atoms with E-state index in [-0.39, 0.29) is 6.04 Å². The first-order valence-corrected chi connectivity index (χ1v) is 5.91. The fourth-order valence-corrected chi connectivity index (χ4v) is 1.80. The van der Waals surface area contributed by atoms with Crippen LogP contribution in [0, 0.1) is 0 Å². The number of hydrogen-bond donors (Lipinski definition) is 1. The highest BCUT2D eigenvalue weighted by Crippen LogP contribution is 2.19. The molecule has 90 valence electrons. The van der Waals surface area contributed by atoms with Gasteiger partial charge in [-0.15, -0.1) is 0 Å². The molecule has 2 rings (SSSR count). The Balaban J connectivity index is 1.99. The van der Waals surface area contributed by atoms with Crippen molar-refractivity contribution in [3.05, 3.63) is 47.1 Å². The van der Waals surface area contributed by atoms with Crippen LogP contribution >= 0.6 is 11.6 Å². The van der Waals surface area contributed by atoms with Crippen LogP contribution in [0.3, 0.4) is 0 Å². The summed E-state index contributed by atoms with van der Waals surface area (Å²) in [5, 5.41) is 7.89. The van der Waals surface area contributed by atoms with Gasteiger partial charge in [0.1, 0.15) is 0 Å². The summed E-state index contributed by atoms with van der Waals surface area (Å²) in [5.41, 5.74) is 1.21. The van der Waals surface area contributed by atoms with Crippen LogP contribution in [0.15, 0.2) is 35.2 Å². The SMILES string of the molecule is CCC(NCc1ncon1)c1ccc(Cl)cc1. The Bertz CT molecular complexity index is 441. The van der Waals surface area contributed by atoms with Gasteiger partial charge in [0.25, 0.3) is 0 Å². The lowest BCUT2D eigenvalue weighted by Crippen LogP contribution is -2.20. The zero-order valence-corrected chi connectivity index (χ0v) is 10.3. The third-order valence-corrected chi connectivity index (χ3v) is 2.85. The number of hydrogen-bond acceptors (Lipinski definition) is 4. The fraction of sp³-hybridized carbons (Fsp3) is 0.333. The van der Waals surface area contributed by atoms with Crippen molar-refractivity contribution in [1.29, 1.82) is 0 Å². The molecule has 0 aliphatic carbocycles. The number of halogens is 1. The van der Waals surface area contributed by atoms with Crippen molar-refractivity contribution < 1.29 is 4.52 Å². The first kappa shape index (κ1) is 12.1. The second-order valence-corrected chi connectivity index (χ2v) is 4.18. The van der Waals surface area contributed by atoms with Crippen LogP contribution in [0.1, 0.15) is 30.8 Å². The molecule has 0 spiro atoms. The Labute approximate surface area is 105 Å². The third kappa shape index (κ3) is 3.28. The Morgan fingerprint density at radius 1 is 1.35 bits per heavy atom. The predicted octanol–water partition coefficient (Wildman–Crippen LogP) is 2.96. The predicted molar refractivity (Wildman–Crippen MR) is 65.6 cm³/mol. The van der Waals surface area contributed by atoms with Gasteiger partial charge in [0, 0.05) is 11.1 Å². The molecule has 1 aromatic heterocycles. The molecule has 1 unspecified atom stereocenters. The number of rotatable bonds is 5. The smallest absolute Gasteiger partial charge is 0.213 e. The van der Waals surface area contributed by atoms with E-state index in [2.05, 4.69) is 26.9 Å². The van der Waals surface area contributed by atoms with Crippen LogP contribution in [0.25, 0.3) is 0 Å². The van der Waals surface area contributed by atoms with Crippen LogP contribution in [0.2, 0.25) is 5.02 Å². The highest BCUT2D eigenvalue weighted by molar-refractivity contribution is 6.30. The van der Waals surface area contributed by atoms with Crippen molar-refractivity contribution in [2.45, 2.75) is 25.9 Å². The number of nitrogens with one attached hydrogen (secondary N) is 1. The van der Waals surface area contributed by atoms with Gasteiger partial charge in [-0.05, 0) is 24.1 Å². The normalized spacial score (nSPS) is 12.6. The molecule has 17 heavy (non-hydrogen) atoms. The van der Waals surface area contributed by atoms with Gasteiger partial charge in [-0.25, -0.2) is 0 Å². The monoisotopic (exact) mass is 251 g/mol. The van der Waals surface area contributed by atoms with Gasteiger partial charge < -0.3 is 9.84 Å². The van der Waals surface area contributed by atoms with E-state index < -0.39 is 0 Å². The topological polar surface area (TPSA) is 51.0 Å². The van der Waals surface area contributed by atoms with Crippen LogP contribution in [0.4, 0.5) is 0 Å². The molecule has 0 amide bonds. The molecule has 0 aliphatic heterocycles. The molecule has 0 aliphatic rings. The van der Waals surface area contributed by atoms with Gasteiger partial charge >= 0.3 is 0 Å². The molecule has 4 nitrogen and oxygen atoms in total. The van der Waals surface area contributed by atoms with E-state index in [0.29, 0.717) is 12.4 Å². The zero-order valence-electron chi connectivity index (χ0n) is 9.56. The van der Waals surface area contributed by atoms with Crippen molar-refractivity contribution >= 4 is 11.6 Å². The quantitative estimate of drug-likeness (QED) is 0.888. The average Bonchev–Trinajstić information content (AvgIpc) is 2.85. The molecule has 1 aromatic carbocycles. The Morgan fingerprint density at radius 2 is 2.12 bits per heavy atom. The van der Waals surface area contributed by atoms with E-state index in [0.717, 1.165) is 11.4 Å². The summed E-state index contributed by atoms with van der Waals surface area (Å²) in [6, 6.07) is 8.12. The maximum atomic E-state index is 5.87. The van der Waals surface area contributed by atoms with Crippen LogP contribution in [-0.2, 0) is 6.54 Å². The Kier molecular flexibility index (Phi) is 4.12. The van der Waals surface area contributed by atoms with Gasteiger partial charge in [0.15, 0.2) is 5.82 Å². The lowest BCUT2D eigenvalue weighted by atomic mass is 10.0. The minimum Gasteiger partial charge on any atom is -0.343 e. The lowest BCUT2D eigenvalue weighted by molar-refractivity contribution is 0.403. The molecule has 1 N–H and O–H groups in total. The summed E-state index contributed by atoms with van der Waals surface area (Å²) in [6.07, 6.45) is 2.32. The van der Waals surface area contributed by atoms with E-state index in [1.54, 1.807) is 0 Å². The summed E-state index contributed by atoms with van der Waals surface area (Å²) < 4.78 is 4.68. The second kappa shape index (κ2) is 5.80. The number of benzene rings is 1. The molecule has 1 atom stereocenters. The molecule has 0 radical (unpaired) electrons. The minimum atomic E-state index is 0.269. The first-order valence-electron chi connectivity index (χ1n) is 5.53. The summed E-state index contributed by atoms with van der Waals surface area (Å²) in [5.74, 6) is 0.664. The third-order valence-electron chi connectivity index (χ3n) is 2.59. The van der Waals surface area contributed by atoms with E-state index in [4.69, 9.17) is 11.6 Å². The largest absolute Gasteiger partial charge is 0.343 e. The zero-order chi connectivity index (χ0) is 12.1.